The summed E-state index contributed by atoms with van der Waals surface area (Å²) in [6.07, 6.45) is -2.91. The summed E-state index contributed by atoms with van der Waals surface area (Å²) in [5.41, 5.74) is 1.14. The van der Waals surface area contributed by atoms with Crippen LogP contribution in [0.25, 0.3) is 10.9 Å². The number of amides is 1. The summed E-state index contributed by atoms with van der Waals surface area (Å²) in [5, 5.41) is 3.13. The molecule has 1 N–H and O–H groups in total. The summed E-state index contributed by atoms with van der Waals surface area (Å²) in [5.74, 6) is -0.309. The molecule has 5 nitrogen and oxygen atoms in total. The molecule has 0 saturated carbocycles. The molecule has 0 saturated heterocycles. The van der Waals surface area contributed by atoms with Gasteiger partial charge in [-0.05, 0) is 36.2 Å². The number of hydrogen-bond donors (Lipinski definition) is 1. The Hall–Kier alpha value is -3.16. The SMILES string of the molecule is Cc1cccc2c(=O)n(CCC(=O)NCc3ccc(C(F)(F)F)cc3)cnc12. The molecule has 146 valence electrons. The molecule has 0 aliphatic carbocycles. The zero-order chi connectivity index (χ0) is 20.3. The van der Waals surface area contributed by atoms with Crippen LogP contribution in [0.3, 0.4) is 0 Å². The van der Waals surface area contributed by atoms with E-state index < -0.39 is 11.7 Å². The lowest BCUT2D eigenvalue weighted by Gasteiger charge is -2.10. The average molecular weight is 389 g/mol. The maximum Gasteiger partial charge on any atom is 0.416 e. The highest BCUT2D eigenvalue weighted by atomic mass is 19.4. The third-order valence-electron chi connectivity index (χ3n) is 4.41. The average Bonchev–Trinajstić information content (AvgIpc) is 2.66. The lowest BCUT2D eigenvalue weighted by atomic mass is 10.1. The lowest BCUT2D eigenvalue weighted by molar-refractivity contribution is -0.137. The van der Waals surface area contributed by atoms with Crippen LogP contribution in [0.1, 0.15) is 23.1 Å². The number of halogens is 3. The maximum absolute atomic E-state index is 12.5. The van der Waals surface area contributed by atoms with Crippen LogP contribution in [0.15, 0.2) is 53.6 Å². The summed E-state index contributed by atoms with van der Waals surface area (Å²) in [4.78, 5) is 28.8. The molecule has 0 fully saturated rings. The van der Waals surface area contributed by atoms with Gasteiger partial charge in [0.25, 0.3) is 5.56 Å². The summed E-state index contributed by atoms with van der Waals surface area (Å²) in [7, 11) is 0. The second-order valence-corrected chi connectivity index (χ2v) is 6.44. The molecule has 0 radical (unpaired) electrons. The molecule has 1 amide bonds. The number of aromatic nitrogens is 2. The Morgan fingerprint density at radius 3 is 2.54 bits per heavy atom. The fraction of sp³-hybridized carbons (Fsp3) is 0.250. The van der Waals surface area contributed by atoms with Gasteiger partial charge in [0.2, 0.25) is 5.91 Å². The second kappa shape index (κ2) is 7.84. The third kappa shape index (κ3) is 4.39. The van der Waals surface area contributed by atoms with Crippen molar-refractivity contribution in [3.63, 3.8) is 0 Å². The van der Waals surface area contributed by atoms with E-state index in [1.165, 1.54) is 23.0 Å². The number of alkyl halides is 3. The van der Waals surface area contributed by atoms with Gasteiger partial charge in [-0.2, -0.15) is 13.2 Å². The number of nitrogens with one attached hydrogen (secondary N) is 1. The summed E-state index contributed by atoms with van der Waals surface area (Å²) >= 11 is 0. The summed E-state index contributed by atoms with van der Waals surface area (Å²) in [6.45, 7) is 2.14. The number of aryl methyl sites for hydroxylation is 2. The van der Waals surface area contributed by atoms with E-state index >= 15 is 0 Å². The molecule has 0 unspecified atom stereocenters. The summed E-state index contributed by atoms with van der Waals surface area (Å²) < 4.78 is 39.0. The molecule has 0 aliphatic rings. The minimum absolute atomic E-state index is 0.0551. The van der Waals surface area contributed by atoms with Crippen molar-refractivity contribution < 1.29 is 18.0 Å². The van der Waals surface area contributed by atoms with E-state index in [1.54, 1.807) is 12.1 Å². The van der Waals surface area contributed by atoms with Crippen LogP contribution in [-0.2, 0) is 24.1 Å². The van der Waals surface area contributed by atoms with Crippen LogP contribution >= 0.6 is 0 Å². The number of para-hydroxylation sites is 1. The molecule has 3 aromatic rings. The van der Waals surface area contributed by atoms with Crippen molar-refractivity contribution in [3.8, 4) is 0 Å². The highest BCUT2D eigenvalue weighted by molar-refractivity contribution is 5.80. The minimum atomic E-state index is -4.39. The Bertz CT molecular complexity index is 1060. The van der Waals surface area contributed by atoms with Crippen LogP contribution in [-0.4, -0.2) is 15.5 Å². The van der Waals surface area contributed by atoms with E-state index in [9.17, 15) is 22.8 Å². The van der Waals surface area contributed by atoms with Crippen molar-refractivity contribution in [2.24, 2.45) is 0 Å². The van der Waals surface area contributed by atoms with E-state index in [4.69, 9.17) is 0 Å². The lowest BCUT2D eigenvalue weighted by Crippen LogP contribution is -2.27. The van der Waals surface area contributed by atoms with E-state index in [0.29, 0.717) is 16.5 Å². The number of hydrogen-bond acceptors (Lipinski definition) is 3. The van der Waals surface area contributed by atoms with Crippen molar-refractivity contribution >= 4 is 16.8 Å². The molecular weight excluding hydrogens is 371 g/mol. The van der Waals surface area contributed by atoms with Gasteiger partial charge >= 0.3 is 6.18 Å². The first-order chi connectivity index (χ1) is 13.3. The number of nitrogens with zero attached hydrogens (tertiary/aromatic N) is 2. The van der Waals surface area contributed by atoms with Gasteiger partial charge < -0.3 is 5.32 Å². The fourth-order valence-corrected chi connectivity index (χ4v) is 2.82. The Morgan fingerprint density at radius 2 is 1.86 bits per heavy atom. The first kappa shape index (κ1) is 19.6. The first-order valence-corrected chi connectivity index (χ1v) is 8.63. The van der Waals surface area contributed by atoms with Crippen LogP contribution < -0.4 is 10.9 Å². The van der Waals surface area contributed by atoms with Gasteiger partial charge in [-0.1, -0.05) is 24.3 Å². The Morgan fingerprint density at radius 1 is 1.14 bits per heavy atom. The van der Waals surface area contributed by atoms with Crippen molar-refractivity contribution in [2.45, 2.75) is 32.6 Å². The summed E-state index contributed by atoms with van der Waals surface area (Å²) in [6, 6.07) is 9.94. The van der Waals surface area contributed by atoms with Gasteiger partial charge in [0.05, 0.1) is 22.8 Å². The predicted molar refractivity (Wildman–Crippen MR) is 98.6 cm³/mol. The third-order valence-corrected chi connectivity index (χ3v) is 4.41. The second-order valence-electron chi connectivity index (χ2n) is 6.44. The molecule has 3 rings (SSSR count). The molecule has 1 aromatic heterocycles. The van der Waals surface area contributed by atoms with E-state index in [2.05, 4.69) is 10.3 Å². The monoisotopic (exact) mass is 389 g/mol. The van der Waals surface area contributed by atoms with Gasteiger partial charge in [0.15, 0.2) is 0 Å². The molecule has 0 bridgehead atoms. The minimum Gasteiger partial charge on any atom is -0.352 e. The molecule has 0 spiro atoms. The smallest absolute Gasteiger partial charge is 0.352 e. The molecule has 1 heterocycles. The van der Waals surface area contributed by atoms with E-state index in [-0.39, 0.29) is 31.0 Å². The molecular formula is C20H18F3N3O2. The highest BCUT2D eigenvalue weighted by Crippen LogP contribution is 2.29. The number of fused-ring (bicyclic) bond motifs is 1. The molecule has 28 heavy (non-hydrogen) atoms. The topological polar surface area (TPSA) is 64.0 Å². The predicted octanol–water partition coefficient (Wildman–Crippen LogP) is 3.43. The normalized spacial score (nSPS) is 11.6. The largest absolute Gasteiger partial charge is 0.416 e. The number of benzene rings is 2. The number of carbonyl (C=O) groups excluding carboxylic acids is 1. The zero-order valence-electron chi connectivity index (χ0n) is 15.1. The molecule has 2 aromatic carbocycles. The van der Waals surface area contributed by atoms with Gasteiger partial charge in [-0.25, -0.2) is 4.98 Å². The van der Waals surface area contributed by atoms with Crippen molar-refractivity contribution in [2.75, 3.05) is 0 Å². The standard InChI is InChI=1S/C20H18F3N3O2/c1-13-3-2-4-16-18(13)25-12-26(19(16)28)10-9-17(27)24-11-14-5-7-15(8-6-14)20(21,22)23/h2-8,12H,9-11H2,1H3,(H,24,27). The van der Waals surface area contributed by atoms with Crippen molar-refractivity contribution in [1.82, 2.24) is 14.9 Å². The Kier molecular flexibility index (Phi) is 5.48. The molecule has 8 heteroatoms. The van der Waals surface area contributed by atoms with Crippen LogP contribution in [0, 0.1) is 6.92 Å². The van der Waals surface area contributed by atoms with Crippen LogP contribution in [0.4, 0.5) is 13.2 Å². The van der Waals surface area contributed by atoms with Gasteiger partial charge in [-0.15, -0.1) is 0 Å². The Labute approximate surface area is 158 Å². The highest BCUT2D eigenvalue weighted by Gasteiger charge is 2.29. The zero-order valence-corrected chi connectivity index (χ0v) is 15.1. The number of rotatable bonds is 5. The Balaban J connectivity index is 1.58. The fourth-order valence-electron chi connectivity index (χ4n) is 2.82. The number of carbonyl (C=O) groups is 1. The van der Waals surface area contributed by atoms with Crippen LogP contribution in [0.2, 0.25) is 0 Å². The first-order valence-electron chi connectivity index (χ1n) is 8.63. The maximum atomic E-state index is 12.5. The van der Waals surface area contributed by atoms with E-state index in [1.807, 2.05) is 13.0 Å². The van der Waals surface area contributed by atoms with E-state index in [0.717, 1.165) is 17.7 Å². The van der Waals surface area contributed by atoms with Gasteiger partial charge in [0.1, 0.15) is 0 Å². The molecule has 0 aliphatic heterocycles. The van der Waals surface area contributed by atoms with Gasteiger partial charge in [0, 0.05) is 19.5 Å². The van der Waals surface area contributed by atoms with Crippen molar-refractivity contribution in [3.05, 3.63) is 75.8 Å². The molecule has 0 atom stereocenters. The van der Waals surface area contributed by atoms with Gasteiger partial charge in [-0.3, -0.25) is 14.2 Å². The van der Waals surface area contributed by atoms with Crippen molar-refractivity contribution in [1.29, 1.82) is 0 Å². The van der Waals surface area contributed by atoms with Crippen LogP contribution in [0.5, 0.6) is 0 Å². The quantitative estimate of drug-likeness (QED) is 0.727.